The van der Waals surface area contributed by atoms with Crippen LogP contribution in [0.2, 0.25) is 0 Å². The maximum absolute atomic E-state index is 13.1. The predicted molar refractivity (Wildman–Crippen MR) is 400 cm³/mol. The zero-order chi connectivity index (χ0) is 71.8. The summed E-state index contributed by atoms with van der Waals surface area (Å²) in [6.07, 6.45) is 71.7. The van der Waals surface area contributed by atoms with E-state index in [1.807, 2.05) is 0 Å². The second-order valence-corrected chi connectivity index (χ2v) is 29.2. The first-order valence-electron chi connectivity index (χ1n) is 39.2. The van der Waals surface area contributed by atoms with Crippen molar-refractivity contribution in [3.05, 3.63) is 72.9 Å². The third-order valence-corrected chi connectivity index (χ3v) is 18.5. The summed E-state index contributed by atoms with van der Waals surface area (Å²) in [7, 11) is -9.94. The number of hydrogen-bond acceptors (Lipinski definition) is 15. The van der Waals surface area contributed by atoms with Crippen LogP contribution in [0.1, 0.15) is 349 Å². The zero-order valence-electron chi connectivity index (χ0n) is 62.2. The molecule has 0 rings (SSSR count). The highest BCUT2D eigenvalue weighted by Crippen LogP contribution is 2.45. The van der Waals surface area contributed by atoms with Gasteiger partial charge in [-0.3, -0.25) is 37.3 Å². The van der Waals surface area contributed by atoms with E-state index < -0.39 is 97.5 Å². The molecule has 0 heterocycles. The van der Waals surface area contributed by atoms with Crippen LogP contribution in [-0.4, -0.2) is 96.7 Å². The molecule has 0 saturated heterocycles. The molecular weight excluding hydrogens is 1280 g/mol. The molecule has 3 N–H and O–H groups in total. The summed E-state index contributed by atoms with van der Waals surface area (Å²) in [5.41, 5.74) is 0. The molecule has 0 amide bonds. The van der Waals surface area contributed by atoms with Gasteiger partial charge in [0, 0.05) is 25.7 Å². The van der Waals surface area contributed by atoms with Gasteiger partial charge < -0.3 is 33.8 Å². The largest absolute Gasteiger partial charge is 0.472 e. The third kappa shape index (κ3) is 70.9. The van der Waals surface area contributed by atoms with Gasteiger partial charge in [-0.2, -0.15) is 0 Å². The lowest BCUT2D eigenvalue weighted by Gasteiger charge is -2.21. The van der Waals surface area contributed by atoms with E-state index in [4.69, 9.17) is 37.0 Å². The second-order valence-electron chi connectivity index (χ2n) is 26.3. The summed E-state index contributed by atoms with van der Waals surface area (Å²) in [4.78, 5) is 72.8. The Morgan fingerprint density at radius 1 is 0.286 bits per heavy atom. The Kier molecular flexibility index (Phi) is 69.3. The molecule has 5 unspecified atom stereocenters. The molecule has 98 heavy (non-hydrogen) atoms. The van der Waals surface area contributed by atoms with Crippen LogP contribution >= 0.6 is 15.6 Å². The average Bonchev–Trinajstić information content (AvgIpc) is 0.992. The van der Waals surface area contributed by atoms with Gasteiger partial charge in [-0.15, -0.1) is 0 Å². The number of esters is 4. The van der Waals surface area contributed by atoms with Crippen molar-refractivity contribution in [3.8, 4) is 0 Å². The first-order chi connectivity index (χ1) is 47.7. The number of hydrogen-bond donors (Lipinski definition) is 3. The predicted octanol–water partition coefficient (Wildman–Crippen LogP) is 22.4. The highest BCUT2D eigenvalue weighted by atomic mass is 31.2. The zero-order valence-corrected chi connectivity index (χ0v) is 64.0. The van der Waals surface area contributed by atoms with Crippen molar-refractivity contribution in [3.63, 3.8) is 0 Å². The molecule has 0 radical (unpaired) electrons. The van der Waals surface area contributed by atoms with Gasteiger partial charge in [-0.05, 0) is 122 Å². The Labute approximate surface area is 596 Å². The summed E-state index contributed by atoms with van der Waals surface area (Å²) >= 11 is 0. The number of ether oxygens (including phenoxy) is 4. The van der Waals surface area contributed by atoms with E-state index in [1.54, 1.807) is 0 Å². The molecule has 0 fully saturated rings. The first kappa shape index (κ1) is 94.5. The quantitative estimate of drug-likeness (QED) is 0.0169. The topological polar surface area (TPSA) is 237 Å². The SMILES string of the molecule is CCCCC/C=C\C/C=C\C/C=C\CCCCCCCCC(=O)OCC(COP(=O)(O)OCC(O)COP(=O)(O)OCC(COC(=O)CCCCCCC/C=C\CCCCCC)OC(=O)CCCCCCCCCCCCC)OC(=O)CCCCCCC/C=C\C/C=C\CCCCC. The molecule has 0 bridgehead atoms. The fraction of sp³-hybridized carbons (Fsp3) is 0.797. The van der Waals surface area contributed by atoms with Crippen molar-refractivity contribution >= 4 is 39.5 Å². The fourth-order valence-electron chi connectivity index (χ4n) is 10.6. The van der Waals surface area contributed by atoms with Gasteiger partial charge in [0.05, 0.1) is 26.4 Å². The monoisotopic (exact) mass is 1420 g/mol. The van der Waals surface area contributed by atoms with Crippen molar-refractivity contribution in [1.29, 1.82) is 0 Å². The Hall–Kier alpha value is -3.50. The van der Waals surface area contributed by atoms with Crippen LogP contribution in [0, 0.1) is 0 Å². The minimum Gasteiger partial charge on any atom is -0.462 e. The molecule has 0 aliphatic heterocycles. The fourth-order valence-corrected chi connectivity index (χ4v) is 12.2. The minimum atomic E-state index is -4.98. The van der Waals surface area contributed by atoms with E-state index in [9.17, 15) is 43.2 Å². The molecule has 19 heteroatoms. The van der Waals surface area contributed by atoms with Crippen LogP contribution in [0.4, 0.5) is 0 Å². The second kappa shape index (κ2) is 71.9. The van der Waals surface area contributed by atoms with Gasteiger partial charge in [0.1, 0.15) is 19.3 Å². The lowest BCUT2D eigenvalue weighted by molar-refractivity contribution is -0.161. The van der Waals surface area contributed by atoms with Crippen LogP contribution in [0.3, 0.4) is 0 Å². The number of rotatable bonds is 74. The lowest BCUT2D eigenvalue weighted by Crippen LogP contribution is -2.30. The normalized spacial score (nSPS) is 14.3. The smallest absolute Gasteiger partial charge is 0.462 e. The number of aliphatic hydroxyl groups is 1. The maximum Gasteiger partial charge on any atom is 0.472 e. The molecule has 0 aromatic carbocycles. The lowest BCUT2D eigenvalue weighted by atomic mass is 10.1. The minimum absolute atomic E-state index is 0.0782. The van der Waals surface area contributed by atoms with Crippen LogP contribution in [0.25, 0.3) is 0 Å². The molecule has 0 aliphatic carbocycles. The van der Waals surface area contributed by atoms with Gasteiger partial charge >= 0.3 is 39.5 Å². The summed E-state index contributed by atoms with van der Waals surface area (Å²) in [6.45, 7) is 4.80. The van der Waals surface area contributed by atoms with Crippen LogP contribution in [-0.2, 0) is 65.4 Å². The first-order valence-corrected chi connectivity index (χ1v) is 42.2. The molecular formula is C79H142O17P2. The summed E-state index contributed by atoms with van der Waals surface area (Å²) < 4.78 is 68.5. The van der Waals surface area contributed by atoms with Gasteiger partial charge in [-0.25, -0.2) is 9.13 Å². The van der Waals surface area contributed by atoms with Crippen molar-refractivity contribution < 1.29 is 80.2 Å². The molecule has 0 saturated carbocycles. The highest BCUT2D eigenvalue weighted by Gasteiger charge is 2.30. The number of phosphoric ester groups is 2. The van der Waals surface area contributed by atoms with Crippen molar-refractivity contribution in [2.24, 2.45) is 0 Å². The average molecular weight is 1430 g/mol. The summed E-state index contributed by atoms with van der Waals surface area (Å²) in [6, 6.07) is 0. The van der Waals surface area contributed by atoms with E-state index >= 15 is 0 Å². The Morgan fingerprint density at radius 2 is 0.500 bits per heavy atom. The number of unbranched alkanes of at least 4 members (excludes halogenated alkanes) is 36. The standard InChI is InChI=1S/C79H142O17P2/c1-5-9-13-17-21-25-29-32-34-35-36-37-39-41-45-48-52-56-60-64-77(82)90-70-75(96-79(84)66-62-58-54-50-46-42-38-33-30-26-22-18-14-10-6-2)72-94-98(87,88)92-68-73(80)67-91-97(85,86)93-71-74(95-78(83)65-61-57-53-49-43-28-24-20-16-12-8-4)69-89-76(81)63-59-55-51-47-44-40-31-27-23-19-15-11-7-3/h21-22,25-27,31-34,36-38,73-75,80H,5-20,23-24,28-30,35,39-72H2,1-4H3,(H,85,86)(H,87,88)/b25-21-,26-22-,31-27-,34-32-,37-36-,38-33-. The Morgan fingerprint density at radius 3 is 0.806 bits per heavy atom. The molecule has 0 aromatic rings. The van der Waals surface area contributed by atoms with Crippen LogP contribution < -0.4 is 0 Å². The number of carbonyl (C=O) groups excluding carboxylic acids is 4. The number of allylic oxidation sites excluding steroid dienone is 12. The van der Waals surface area contributed by atoms with Crippen LogP contribution in [0.15, 0.2) is 72.9 Å². The van der Waals surface area contributed by atoms with Crippen molar-refractivity contribution in [2.75, 3.05) is 39.6 Å². The van der Waals surface area contributed by atoms with Gasteiger partial charge in [0.25, 0.3) is 0 Å². The number of phosphoric acid groups is 2. The summed E-state index contributed by atoms with van der Waals surface area (Å²) in [5.74, 6) is -2.19. The van der Waals surface area contributed by atoms with E-state index in [0.29, 0.717) is 25.7 Å². The molecule has 0 spiro atoms. The van der Waals surface area contributed by atoms with Gasteiger partial charge in [-0.1, -0.05) is 274 Å². The van der Waals surface area contributed by atoms with E-state index in [0.717, 1.165) is 167 Å². The Balaban J connectivity index is 5.32. The van der Waals surface area contributed by atoms with Gasteiger partial charge in [0.2, 0.25) is 0 Å². The highest BCUT2D eigenvalue weighted by molar-refractivity contribution is 7.47. The molecule has 0 aromatic heterocycles. The Bertz CT molecular complexity index is 2140. The molecule has 17 nitrogen and oxygen atoms in total. The van der Waals surface area contributed by atoms with Crippen molar-refractivity contribution in [2.45, 2.75) is 367 Å². The molecule has 570 valence electrons. The molecule has 5 atom stereocenters. The van der Waals surface area contributed by atoms with Crippen LogP contribution in [0.5, 0.6) is 0 Å². The van der Waals surface area contributed by atoms with E-state index in [2.05, 4.69) is 101 Å². The van der Waals surface area contributed by atoms with E-state index in [-0.39, 0.29) is 25.7 Å². The summed E-state index contributed by atoms with van der Waals surface area (Å²) in [5, 5.41) is 10.6. The third-order valence-electron chi connectivity index (χ3n) is 16.6. The van der Waals surface area contributed by atoms with Crippen molar-refractivity contribution in [1.82, 2.24) is 0 Å². The maximum atomic E-state index is 13.1. The number of carbonyl (C=O) groups is 4. The van der Waals surface area contributed by atoms with E-state index in [1.165, 1.54) is 103 Å². The number of aliphatic hydroxyl groups excluding tert-OH is 1. The van der Waals surface area contributed by atoms with Gasteiger partial charge in [0.15, 0.2) is 12.2 Å². The molecule has 0 aliphatic rings.